The normalized spacial score (nSPS) is 11.5. The third-order valence-corrected chi connectivity index (χ3v) is 3.73. The van der Waals surface area contributed by atoms with Gasteiger partial charge in [-0.1, -0.05) is 48.0 Å². The molecule has 1 aromatic carbocycles. The number of hydrogen-bond acceptors (Lipinski definition) is 4. The number of rotatable bonds is 6. The van der Waals surface area contributed by atoms with Crippen molar-refractivity contribution in [1.82, 2.24) is 15.2 Å². The van der Waals surface area contributed by atoms with Gasteiger partial charge in [-0.3, -0.25) is 4.79 Å². The van der Waals surface area contributed by atoms with Crippen LogP contribution in [-0.2, 0) is 22.7 Å². The topological polar surface area (TPSA) is 71.5 Å². The summed E-state index contributed by atoms with van der Waals surface area (Å²) in [5.41, 5.74) is 1.73. The Labute approximate surface area is 151 Å². The van der Waals surface area contributed by atoms with Gasteiger partial charge in [0.1, 0.15) is 17.8 Å². The van der Waals surface area contributed by atoms with Crippen molar-refractivity contribution in [1.29, 1.82) is 0 Å². The lowest BCUT2D eigenvalue weighted by molar-refractivity contribution is -0.132. The van der Waals surface area contributed by atoms with Crippen molar-refractivity contribution >= 4 is 23.6 Å². The quantitative estimate of drug-likeness (QED) is 0.803. The first-order chi connectivity index (χ1) is 12.0. The van der Waals surface area contributed by atoms with E-state index in [-0.39, 0.29) is 12.5 Å². The predicted molar refractivity (Wildman–Crippen MR) is 94.9 cm³/mol. The van der Waals surface area contributed by atoms with Gasteiger partial charge in [0, 0.05) is 19.8 Å². The van der Waals surface area contributed by atoms with Crippen LogP contribution in [0.1, 0.15) is 18.1 Å². The molecule has 0 radical (unpaired) electrons. The third kappa shape index (κ3) is 6.08. The molecule has 0 aliphatic heterocycles. The summed E-state index contributed by atoms with van der Waals surface area (Å²) in [4.78, 5) is 29.6. The van der Waals surface area contributed by atoms with Gasteiger partial charge >= 0.3 is 6.09 Å². The summed E-state index contributed by atoms with van der Waals surface area (Å²) in [6.07, 6.45) is 0.976. The number of halogens is 1. The molecule has 2 rings (SSSR count). The number of likely N-dealkylation sites (N-methyl/N-ethyl adjacent to an activating group) is 1. The van der Waals surface area contributed by atoms with E-state index in [0.717, 1.165) is 11.1 Å². The van der Waals surface area contributed by atoms with E-state index in [2.05, 4.69) is 10.3 Å². The highest BCUT2D eigenvalue weighted by Crippen LogP contribution is 2.08. The maximum absolute atomic E-state index is 12.3. The Morgan fingerprint density at radius 2 is 1.92 bits per heavy atom. The van der Waals surface area contributed by atoms with Crippen LogP contribution in [-0.4, -0.2) is 35.0 Å². The number of hydrogen-bond donors (Lipinski definition) is 1. The van der Waals surface area contributed by atoms with Gasteiger partial charge in [0.05, 0.1) is 0 Å². The molecule has 2 aromatic rings. The molecule has 1 N–H and O–H groups in total. The summed E-state index contributed by atoms with van der Waals surface area (Å²) in [5.74, 6) is -0.230. The molecule has 1 aromatic heterocycles. The minimum atomic E-state index is -0.700. The highest BCUT2D eigenvalue weighted by atomic mass is 35.5. The summed E-state index contributed by atoms with van der Waals surface area (Å²) in [7, 11) is 1.66. The molecule has 132 valence electrons. The Hall–Kier alpha value is -2.60. The number of nitrogens with one attached hydrogen (secondary N) is 1. The molecule has 2 amide bonds. The number of carbonyl (C=O) groups excluding carboxylic acids is 2. The molecule has 1 atom stereocenters. The Kier molecular flexibility index (Phi) is 6.77. The number of carbonyl (C=O) groups is 2. The molecule has 0 saturated carbocycles. The molecular weight excluding hydrogens is 342 g/mol. The number of aromatic nitrogens is 1. The fraction of sp³-hybridized carbons (Fsp3) is 0.278. The van der Waals surface area contributed by atoms with Crippen LogP contribution in [0.15, 0.2) is 48.7 Å². The molecule has 0 saturated heterocycles. The molecule has 0 aliphatic carbocycles. The van der Waals surface area contributed by atoms with Crippen molar-refractivity contribution in [2.24, 2.45) is 0 Å². The lowest BCUT2D eigenvalue weighted by Crippen LogP contribution is -2.45. The van der Waals surface area contributed by atoms with Crippen molar-refractivity contribution in [3.05, 3.63) is 64.9 Å². The number of ether oxygens (including phenoxy) is 1. The average Bonchev–Trinajstić information content (AvgIpc) is 2.62. The van der Waals surface area contributed by atoms with E-state index in [1.54, 1.807) is 32.3 Å². The zero-order valence-corrected chi connectivity index (χ0v) is 14.9. The first kappa shape index (κ1) is 18.7. The second-order valence-electron chi connectivity index (χ2n) is 5.61. The number of benzene rings is 1. The van der Waals surface area contributed by atoms with E-state index >= 15 is 0 Å². The van der Waals surface area contributed by atoms with Crippen molar-refractivity contribution < 1.29 is 14.3 Å². The summed E-state index contributed by atoms with van der Waals surface area (Å²) in [5, 5.41) is 2.93. The van der Waals surface area contributed by atoms with Gasteiger partial charge in [0.2, 0.25) is 5.91 Å². The summed E-state index contributed by atoms with van der Waals surface area (Å²) < 4.78 is 5.11. The molecule has 0 unspecified atom stereocenters. The van der Waals surface area contributed by atoms with Gasteiger partial charge < -0.3 is 15.0 Å². The maximum atomic E-state index is 12.3. The second kappa shape index (κ2) is 9.03. The van der Waals surface area contributed by atoms with Crippen molar-refractivity contribution in [2.75, 3.05) is 7.05 Å². The van der Waals surface area contributed by atoms with E-state index in [1.165, 1.54) is 4.90 Å². The zero-order valence-electron chi connectivity index (χ0n) is 14.1. The molecule has 0 spiro atoms. The largest absolute Gasteiger partial charge is 0.445 e. The van der Waals surface area contributed by atoms with Crippen LogP contribution >= 0.6 is 11.6 Å². The predicted octanol–water partition coefficient (Wildman–Crippen LogP) is 3.01. The standard InChI is InChI=1S/C18H20ClN3O3/c1-13(21-18(24)25-12-14-6-4-3-5-7-14)17(23)22(2)11-15-8-9-16(19)20-10-15/h3-10,13H,11-12H2,1-2H3,(H,21,24)/t13-/m1/s1. The molecule has 7 heteroatoms. The molecule has 6 nitrogen and oxygen atoms in total. The lowest BCUT2D eigenvalue weighted by atomic mass is 10.2. The summed E-state index contributed by atoms with van der Waals surface area (Å²) in [6.45, 7) is 2.14. The molecule has 1 heterocycles. The monoisotopic (exact) mass is 361 g/mol. The number of pyridine rings is 1. The van der Waals surface area contributed by atoms with Gasteiger partial charge in [-0.15, -0.1) is 0 Å². The van der Waals surface area contributed by atoms with Crippen LogP contribution in [0.3, 0.4) is 0 Å². The number of nitrogens with zero attached hydrogens (tertiary/aromatic N) is 2. The summed E-state index contributed by atoms with van der Waals surface area (Å²) in [6, 6.07) is 12.1. The fourth-order valence-corrected chi connectivity index (χ4v) is 2.30. The molecule has 0 aliphatic rings. The minimum Gasteiger partial charge on any atom is -0.445 e. The molecular formula is C18H20ClN3O3. The Balaban J connectivity index is 1.80. The van der Waals surface area contributed by atoms with Crippen molar-refractivity contribution in [3.8, 4) is 0 Å². The number of alkyl carbamates (subject to hydrolysis) is 1. The molecule has 25 heavy (non-hydrogen) atoms. The van der Waals surface area contributed by atoms with Gasteiger partial charge in [0.15, 0.2) is 0 Å². The van der Waals surface area contributed by atoms with Crippen molar-refractivity contribution in [2.45, 2.75) is 26.1 Å². The van der Waals surface area contributed by atoms with Crippen LogP contribution < -0.4 is 5.32 Å². The first-order valence-electron chi connectivity index (χ1n) is 7.78. The highest BCUT2D eigenvalue weighted by molar-refractivity contribution is 6.29. The maximum Gasteiger partial charge on any atom is 0.408 e. The van der Waals surface area contributed by atoms with Crippen LogP contribution in [0.5, 0.6) is 0 Å². The Morgan fingerprint density at radius 3 is 2.56 bits per heavy atom. The van der Waals surface area contributed by atoms with Crippen LogP contribution in [0.4, 0.5) is 4.79 Å². The van der Waals surface area contributed by atoms with Gasteiger partial charge in [0.25, 0.3) is 0 Å². The van der Waals surface area contributed by atoms with Crippen LogP contribution in [0, 0.1) is 0 Å². The van der Waals surface area contributed by atoms with Crippen LogP contribution in [0.25, 0.3) is 0 Å². The highest BCUT2D eigenvalue weighted by Gasteiger charge is 2.20. The fourth-order valence-electron chi connectivity index (χ4n) is 2.19. The SMILES string of the molecule is C[C@@H](NC(=O)OCc1ccccc1)C(=O)N(C)Cc1ccc(Cl)nc1. The van der Waals surface area contributed by atoms with E-state index in [9.17, 15) is 9.59 Å². The first-order valence-corrected chi connectivity index (χ1v) is 8.16. The van der Waals surface area contributed by atoms with Crippen LogP contribution in [0.2, 0.25) is 5.15 Å². The molecule has 0 bridgehead atoms. The van der Waals surface area contributed by atoms with E-state index in [0.29, 0.717) is 11.7 Å². The minimum absolute atomic E-state index is 0.153. The van der Waals surface area contributed by atoms with Gasteiger partial charge in [-0.05, 0) is 24.1 Å². The summed E-state index contributed by atoms with van der Waals surface area (Å²) >= 11 is 5.74. The third-order valence-electron chi connectivity index (χ3n) is 3.50. The lowest BCUT2D eigenvalue weighted by Gasteiger charge is -2.22. The zero-order chi connectivity index (χ0) is 18.2. The van der Waals surface area contributed by atoms with E-state index in [1.807, 2.05) is 30.3 Å². The number of amides is 2. The van der Waals surface area contributed by atoms with E-state index in [4.69, 9.17) is 16.3 Å². The Bertz CT molecular complexity index is 707. The molecule has 0 fully saturated rings. The second-order valence-corrected chi connectivity index (χ2v) is 6.00. The van der Waals surface area contributed by atoms with Gasteiger partial charge in [-0.25, -0.2) is 9.78 Å². The van der Waals surface area contributed by atoms with Gasteiger partial charge in [-0.2, -0.15) is 0 Å². The Morgan fingerprint density at radius 1 is 1.20 bits per heavy atom. The van der Waals surface area contributed by atoms with Crippen molar-refractivity contribution in [3.63, 3.8) is 0 Å². The van der Waals surface area contributed by atoms with E-state index < -0.39 is 12.1 Å². The smallest absolute Gasteiger partial charge is 0.408 e. The average molecular weight is 362 g/mol.